The Labute approximate surface area is 254 Å². The number of ether oxygens (including phenoxy) is 1. The van der Waals surface area contributed by atoms with Gasteiger partial charge in [-0.05, 0) is 75.6 Å². The molecule has 1 saturated carbocycles. The highest BCUT2D eigenvalue weighted by molar-refractivity contribution is 6.15. The van der Waals surface area contributed by atoms with E-state index in [2.05, 4.69) is 29.0 Å². The van der Waals surface area contributed by atoms with Crippen molar-refractivity contribution >= 4 is 50.4 Å². The van der Waals surface area contributed by atoms with Crippen LogP contribution in [0, 0.1) is 11.7 Å². The first-order valence-corrected chi connectivity index (χ1v) is 15.4. The van der Waals surface area contributed by atoms with Crippen LogP contribution in [0.3, 0.4) is 0 Å². The molecule has 8 nitrogen and oxygen atoms in total. The molecule has 0 saturated heterocycles. The molecule has 2 N–H and O–H groups in total. The summed E-state index contributed by atoms with van der Waals surface area (Å²) in [4.78, 5) is 44.4. The zero-order chi connectivity index (χ0) is 31.0. The fourth-order valence-electron chi connectivity index (χ4n) is 6.52. The van der Waals surface area contributed by atoms with Gasteiger partial charge < -0.3 is 24.4 Å². The van der Waals surface area contributed by atoms with E-state index < -0.39 is 5.82 Å². The van der Waals surface area contributed by atoms with Crippen molar-refractivity contribution in [2.24, 2.45) is 5.92 Å². The number of fused-ring (bicyclic) bond motifs is 5. The Bertz CT molecular complexity index is 1940. The van der Waals surface area contributed by atoms with Gasteiger partial charge in [-0.3, -0.25) is 14.4 Å². The number of pyridine rings is 1. The average molecular weight is 598 g/mol. The predicted octanol–water partition coefficient (Wildman–Crippen LogP) is 6.93. The van der Waals surface area contributed by atoms with Crippen LogP contribution in [0.4, 0.5) is 10.1 Å². The summed E-state index contributed by atoms with van der Waals surface area (Å²) < 4.78 is 25.5. The standard InChI is InChI=1S/C35H36FN3O5/c1-4-39(5-2)29-19-30-26(31-32(44-30)23-15-14-22(36)17-28(23)38-34(31)41)18-25(29)20-10-9-11-21(16-20)33(40)37-27-13-8-7-12-24(27)35(42)43-6-3/h9-11,14-19,24,27H,4-8,12-13H2,1-3H3,(H,37,40)(H,38,41)/t24-,27-/m0/s1. The van der Waals surface area contributed by atoms with Gasteiger partial charge in [-0.25, -0.2) is 4.39 Å². The van der Waals surface area contributed by atoms with Crippen molar-refractivity contribution in [3.8, 4) is 11.1 Å². The van der Waals surface area contributed by atoms with E-state index in [0.717, 1.165) is 49.2 Å². The molecule has 0 spiro atoms. The van der Waals surface area contributed by atoms with Crippen molar-refractivity contribution in [3.05, 3.63) is 76.3 Å². The van der Waals surface area contributed by atoms with Gasteiger partial charge in [0, 0.05) is 52.8 Å². The molecular formula is C35H36FN3O5. The van der Waals surface area contributed by atoms with Crippen LogP contribution in [0.25, 0.3) is 44.0 Å². The number of anilines is 1. The van der Waals surface area contributed by atoms with E-state index in [4.69, 9.17) is 9.15 Å². The molecule has 1 amide bonds. The third-order valence-electron chi connectivity index (χ3n) is 8.72. The molecule has 5 aromatic rings. The Morgan fingerprint density at radius 1 is 1.02 bits per heavy atom. The lowest BCUT2D eigenvalue weighted by Crippen LogP contribution is -2.45. The number of rotatable bonds is 8. The molecule has 2 heterocycles. The summed E-state index contributed by atoms with van der Waals surface area (Å²) in [6.45, 7) is 7.69. The van der Waals surface area contributed by atoms with E-state index in [-0.39, 0.29) is 29.4 Å². The number of furan rings is 1. The Morgan fingerprint density at radius 3 is 2.59 bits per heavy atom. The smallest absolute Gasteiger partial charge is 0.311 e. The molecule has 2 atom stereocenters. The molecule has 6 rings (SSSR count). The van der Waals surface area contributed by atoms with E-state index in [1.807, 2.05) is 30.3 Å². The summed E-state index contributed by atoms with van der Waals surface area (Å²) in [5.41, 5.74) is 3.98. The maximum atomic E-state index is 13.9. The Balaban J connectivity index is 1.44. The van der Waals surface area contributed by atoms with Crippen molar-refractivity contribution in [3.63, 3.8) is 0 Å². The van der Waals surface area contributed by atoms with Crippen LogP contribution in [-0.2, 0) is 9.53 Å². The minimum absolute atomic E-state index is 0.248. The van der Waals surface area contributed by atoms with Gasteiger partial charge in [0.05, 0.1) is 23.4 Å². The maximum Gasteiger partial charge on any atom is 0.311 e. The minimum Gasteiger partial charge on any atom is -0.466 e. The molecule has 3 aromatic carbocycles. The van der Waals surface area contributed by atoms with Crippen molar-refractivity contribution in [2.45, 2.75) is 52.5 Å². The van der Waals surface area contributed by atoms with Gasteiger partial charge in [0.1, 0.15) is 17.0 Å². The summed E-state index contributed by atoms with van der Waals surface area (Å²) in [6.07, 6.45) is 3.29. The third-order valence-corrected chi connectivity index (χ3v) is 8.72. The van der Waals surface area contributed by atoms with Gasteiger partial charge in [-0.15, -0.1) is 0 Å². The molecule has 1 aliphatic rings. The largest absolute Gasteiger partial charge is 0.466 e. The van der Waals surface area contributed by atoms with E-state index >= 15 is 0 Å². The number of hydrogen-bond donors (Lipinski definition) is 2. The summed E-state index contributed by atoms with van der Waals surface area (Å²) >= 11 is 0. The molecule has 44 heavy (non-hydrogen) atoms. The lowest BCUT2D eigenvalue weighted by atomic mass is 9.84. The molecule has 0 unspecified atom stereocenters. The number of aromatic nitrogens is 1. The van der Waals surface area contributed by atoms with Crippen LogP contribution < -0.4 is 15.8 Å². The summed E-state index contributed by atoms with van der Waals surface area (Å²) in [5, 5.41) is 4.74. The highest BCUT2D eigenvalue weighted by atomic mass is 19.1. The SMILES string of the molecule is CCOC(=O)[C@H]1CCCC[C@@H]1NC(=O)c1cccc(-c2cc3c(cc2N(CC)CC)oc2c4ccc(F)cc4[nH]c(=O)c32)c1. The third kappa shape index (κ3) is 5.31. The van der Waals surface area contributed by atoms with Gasteiger partial charge in [0.25, 0.3) is 11.5 Å². The van der Waals surface area contributed by atoms with Crippen LogP contribution in [0.15, 0.2) is 63.8 Å². The Morgan fingerprint density at radius 2 is 1.82 bits per heavy atom. The molecule has 0 aliphatic heterocycles. The van der Waals surface area contributed by atoms with Crippen LogP contribution >= 0.6 is 0 Å². The maximum absolute atomic E-state index is 13.9. The fourth-order valence-corrected chi connectivity index (χ4v) is 6.52. The van der Waals surface area contributed by atoms with Gasteiger partial charge >= 0.3 is 5.97 Å². The van der Waals surface area contributed by atoms with Crippen LogP contribution in [-0.4, -0.2) is 42.6 Å². The fraction of sp³-hybridized carbons (Fsp3) is 0.343. The lowest BCUT2D eigenvalue weighted by Gasteiger charge is -2.30. The number of carbonyl (C=O) groups is 2. The molecule has 0 radical (unpaired) electrons. The summed E-state index contributed by atoms with van der Waals surface area (Å²) in [6, 6.07) is 15.2. The van der Waals surface area contributed by atoms with E-state index in [1.165, 1.54) is 12.1 Å². The second kappa shape index (κ2) is 12.1. The zero-order valence-electron chi connectivity index (χ0n) is 25.2. The number of halogens is 1. The predicted molar refractivity (Wildman–Crippen MR) is 171 cm³/mol. The molecule has 1 fully saturated rings. The van der Waals surface area contributed by atoms with Crippen LogP contribution in [0.2, 0.25) is 0 Å². The van der Waals surface area contributed by atoms with Gasteiger partial charge in [-0.2, -0.15) is 0 Å². The highest BCUT2D eigenvalue weighted by Gasteiger charge is 2.33. The van der Waals surface area contributed by atoms with Gasteiger partial charge in [0.15, 0.2) is 0 Å². The van der Waals surface area contributed by atoms with Crippen molar-refractivity contribution in [1.29, 1.82) is 0 Å². The first kappa shape index (κ1) is 29.4. The van der Waals surface area contributed by atoms with Gasteiger partial charge in [-0.1, -0.05) is 25.0 Å². The molecule has 228 valence electrons. The number of nitrogens with one attached hydrogen (secondary N) is 2. The first-order valence-electron chi connectivity index (χ1n) is 15.4. The Kier molecular flexibility index (Phi) is 8.12. The Hall–Kier alpha value is -4.66. The molecule has 1 aliphatic carbocycles. The molecular weight excluding hydrogens is 561 g/mol. The van der Waals surface area contributed by atoms with E-state index in [1.54, 1.807) is 19.1 Å². The monoisotopic (exact) mass is 597 g/mol. The molecule has 9 heteroatoms. The number of hydrogen-bond acceptors (Lipinski definition) is 6. The second-order valence-electron chi connectivity index (χ2n) is 11.3. The van der Waals surface area contributed by atoms with Crippen molar-refractivity contribution < 1.29 is 23.1 Å². The number of carbonyl (C=O) groups excluding carboxylic acids is 2. The quantitative estimate of drug-likeness (QED) is 0.188. The topological polar surface area (TPSA) is 105 Å². The number of H-pyrrole nitrogens is 1. The van der Waals surface area contributed by atoms with Crippen molar-refractivity contribution in [2.75, 3.05) is 24.6 Å². The molecule has 2 aromatic heterocycles. The van der Waals surface area contributed by atoms with Crippen LogP contribution in [0.5, 0.6) is 0 Å². The van der Waals surface area contributed by atoms with Crippen molar-refractivity contribution in [1.82, 2.24) is 10.3 Å². The minimum atomic E-state index is -0.446. The second-order valence-corrected chi connectivity index (χ2v) is 11.3. The number of aromatic amines is 1. The van der Waals surface area contributed by atoms with E-state index in [0.29, 0.717) is 51.4 Å². The number of nitrogens with zero attached hydrogens (tertiary/aromatic N) is 1. The zero-order valence-corrected chi connectivity index (χ0v) is 25.2. The van der Waals surface area contributed by atoms with Gasteiger partial charge in [0.2, 0.25) is 0 Å². The number of benzene rings is 3. The van der Waals surface area contributed by atoms with E-state index in [9.17, 15) is 18.8 Å². The number of amides is 1. The molecule has 0 bridgehead atoms. The summed E-state index contributed by atoms with van der Waals surface area (Å²) in [5.74, 6) is -1.31. The lowest BCUT2D eigenvalue weighted by molar-refractivity contribution is -0.150. The van der Waals surface area contributed by atoms with Crippen LogP contribution in [0.1, 0.15) is 56.8 Å². The first-order chi connectivity index (χ1) is 21.3. The highest BCUT2D eigenvalue weighted by Crippen LogP contribution is 2.40. The number of esters is 1. The average Bonchev–Trinajstić information content (AvgIpc) is 3.41. The normalized spacial score (nSPS) is 16.8. The summed E-state index contributed by atoms with van der Waals surface area (Å²) in [7, 11) is 0.